The number of nitrogens with one attached hydrogen (secondary N) is 1. The van der Waals surface area contributed by atoms with Crippen molar-refractivity contribution in [2.75, 3.05) is 13.7 Å². The van der Waals surface area contributed by atoms with Gasteiger partial charge in [0.05, 0.1) is 30.2 Å². The Morgan fingerprint density at radius 1 is 1.17 bits per heavy atom. The number of benzene rings is 1. The lowest BCUT2D eigenvalue weighted by Gasteiger charge is -2.16. The molecule has 0 radical (unpaired) electrons. The standard InChI is InChI=1S/C17H22N4O2/c1-10-11(2)21-16(12(3)20-10)17(22)19-9-14(18)13-7-5-6-8-15(13)23-4/h5-8,14H,9,18H2,1-4H3,(H,19,22)/t14-/m0/s1. The molecular weight excluding hydrogens is 292 g/mol. The summed E-state index contributed by atoms with van der Waals surface area (Å²) in [4.78, 5) is 21.0. The molecule has 6 nitrogen and oxygen atoms in total. The fourth-order valence-corrected chi connectivity index (χ4v) is 2.30. The highest BCUT2D eigenvalue weighted by atomic mass is 16.5. The maximum absolute atomic E-state index is 12.3. The van der Waals surface area contributed by atoms with Gasteiger partial charge in [-0.15, -0.1) is 0 Å². The lowest BCUT2D eigenvalue weighted by Crippen LogP contribution is -2.33. The van der Waals surface area contributed by atoms with Crippen LogP contribution in [-0.2, 0) is 0 Å². The van der Waals surface area contributed by atoms with E-state index >= 15 is 0 Å². The number of aromatic nitrogens is 2. The Bertz CT molecular complexity index is 716. The van der Waals surface area contributed by atoms with Crippen LogP contribution in [0, 0.1) is 20.8 Å². The fraction of sp³-hybridized carbons (Fsp3) is 0.353. The minimum absolute atomic E-state index is 0.275. The van der Waals surface area contributed by atoms with Gasteiger partial charge in [-0.25, -0.2) is 4.98 Å². The highest BCUT2D eigenvalue weighted by molar-refractivity contribution is 5.93. The van der Waals surface area contributed by atoms with E-state index < -0.39 is 0 Å². The summed E-state index contributed by atoms with van der Waals surface area (Å²) in [6, 6.07) is 7.13. The predicted molar refractivity (Wildman–Crippen MR) is 88.5 cm³/mol. The first-order chi connectivity index (χ1) is 10.9. The third kappa shape index (κ3) is 3.84. The number of rotatable bonds is 5. The summed E-state index contributed by atoms with van der Waals surface area (Å²) >= 11 is 0. The molecule has 1 amide bonds. The predicted octanol–water partition coefficient (Wildman–Crippen LogP) is 1.84. The maximum atomic E-state index is 12.3. The number of amides is 1. The van der Waals surface area contributed by atoms with Gasteiger partial charge in [0.1, 0.15) is 11.4 Å². The van der Waals surface area contributed by atoms with Crippen LogP contribution >= 0.6 is 0 Å². The van der Waals surface area contributed by atoms with E-state index in [1.54, 1.807) is 14.0 Å². The molecule has 0 aliphatic heterocycles. The molecule has 0 aliphatic rings. The first-order valence-corrected chi connectivity index (χ1v) is 7.42. The van der Waals surface area contributed by atoms with E-state index in [4.69, 9.17) is 10.5 Å². The zero-order chi connectivity index (χ0) is 17.0. The topological polar surface area (TPSA) is 90.1 Å². The Labute approximate surface area is 136 Å². The number of nitrogens with two attached hydrogens (primary N) is 1. The number of carbonyl (C=O) groups is 1. The van der Waals surface area contributed by atoms with Crippen LogP contribution in [0.2, 0.25) is 0 Å². The molecule has 0 saturated heterocycles. The summed E-state index contributed by atoms with van der Waals surface area (Å²) in [5.74, 6) is 0.430. The molecule has 0 aliphatic carbocycles. The van der Waals surface area contributed by atoms with Crippen LogP contribution in [0.3, 0.4) is 0 Å². The molecule has 0 fully saturated rings. The quantitative estimate of drug-likeness (QED) is 0.879. The fourth-order valence-electron chi connectivity index (χ4n) is 2.30. The average molecular weight is 314 g/mol. The Morgan fingerprint density at radius 3 is 2.52 bits per heavy atom. The van der Waals surface area contributed by atoms with Gasteiger partial charge in [0.15, 0.2) is 0 Å². The van der Waals surface area contributed by atoms with Gasteiger partial charge in [0.2, 0.25) is 0 Å². The van der Waals surface area contributed by atoms with E-state index in [1.807, 2.05) is 38.1 Å². The molecule has 1 heterocycles. The van der Waals surface area contributed by atoms with E-state index in [-0.39, 0.29) is 18.5 Å². The summed E-state index contributed by atoms with van der Waals surface area (Å²) in [7, 11) is 1.60. The van der Waals surface area contributed by atoms with Crippen LogP contribution in [0.5, 0.6) is 5.75 Å². The highest BCUT2D eigenvalue weighted by Crippen LogP contribution is 2.22. The third-order valence-corrected chi connectivity index (χ3v) is 3.72. The van der Waals surface area contributed by atoms with Gasteiger partial charge in [-0.05, 0) is 26.8 Å². The molecule has 6 heteroatoms. The summed E-state index contributed by atoms with van der Waals surface area (Å²) in [6.07, 6.45) is 0. The van der Waals surface area contributed by atoms with E-state index in [9.17, 15) is 4.79 Å². The van der Waals surface area contributed by atoms with Gasteiger partial charge in [0.25, 0.3) is 5.91 Å². The summed E-state index contributed by atoms with van der Waals surface area (Å²) < 4.78 is 5.29. The molecule has 0 spiro atoms. The second kappa shape index (κ2) is 7.19. The summed E-state index contributed by atoms with van der Waals surface area (Å²) in [5, 5.41) is 2.81. The number of aryl methyl sites for hydroxylation is 3. The van der Waals surface area contributed by atoms with E-state index in [1.165, 1.54) is 0 Å². The Hall–Kier alpha value is -2.47. The highest BCUT2D eigenvalue weighted by Gasteiger charge is 2.16. The molecule has 2 rings (SSSR count). The van der Waals surface area contributed by atoms with Gasteiger partial charge in [-0.3, -0.25) is 9.78 Å². The lowest BCUT2D eigenvalue weighted by molar-refractivity contribution is 0.0944. The van der Waals surface area contributed by atoms with Crippen LogP contribution in [-0.4, -0.2) is 29.5 Å². The molecule has 0 bridgehead atoms. The number of nitrogens with zero attached hydrogens (tertiary/aromatic N) is 2. The first-order valence-electron chi connectivity index (χ1n) is 7.42. The van der Waals surface area contributed by atoms with Crippen LogP contribution in [0.4, 0.5) is 0 Å². The van der Waals surface area contributed by atoms with Crippen molar-refractivity contribution in [2.45, 2.75) is 26.8 Å². The Balaban J connectivity index is 2.08. The average Bonchev–Trinajstić information content (AvgIpc) is 2.55. The monoisotopic (exact) mass is 314 g/mol. The Morgan fingerprint density at radius 2 is 1.83 bits per heavy atom. The van der Waals surface area contributed by atoms with Gasteiger partial charge >= 0.3 is 0 Å². The first kappa shape index (κ1) is 16.9. The zero-order valence-electron chi connectivity index (χ0n) is 13.9. The molecule has 1 aromatic carbocycles. The molecule has 1 atom stereocenters. The Kier molecular flexibility index (Phi) is 5.28. The molecule has 2 aromatic rings. The van der Waals surface area contributed by atoms with E-state index in [0.29, 0.717) is 17.1 Å². The number of carbonyl (C=O) groups excluding carboxylic acids is 1. The number of para-hydroxylation sites is 1. The molecule has 1 aromatic heterocycles. The van der Waals surface area contributed by atoms with Gasteiger partial charge in [0, 0.05) is 12.1 Å². The van der Waals surface area contributed by atoms with Crippen molar-refractivity contribution in [3.05, 3.63) is 52.6 Å². The molecule has 0 unspecified atom stereocenters. The third-order valence-electron chi connectivity index (χ3n) is 3.72. The van der Waals surface area contributed by atoms with Crippen molar-refractivity contribution in [1.82, 2.24) is 15.3 Å². The van der Waals surface area contributed by atoms with E-state index in [0.717, 1.165) is 17.0 Å². The van der Waals surface area contributed by atoms with Gasteiger partial charge in [-0.1, -0.05) is 18.2 Å². The number of methoxy groups -OCH3 is 1. The van der Waals surface area contributed by atoms with Crippen LogP contribution in [0.15, 0.2) is 24.3 Å². The van der Waals surface area contributed by atoms with E-state index in [2.05, 4.69) is 15.3 Å². The maximum Gasteiger partial charge on any atom is 0.271 e. The summed E-state index contributed by atoms with van der Waals surface area (Å²) in [5.41, 5.74) is 9.52. The molecular formula is C17H22N4O2. The number of hydrogen-bond donors (Lipinski definition) is 2. The molecule has 122 valence electrons. The number of hydrogen-bond acceptors (Lipinski definition) is 5. The smallest absolute Gasteiger partial charge is 0.271 e. The van der Waals surface area contributed by atoms with Crippen LogP contribution in [0.25, 0.3) is 0 Å². The van der Waals surface area contributed by atoms with Gasteiger partial charge < -0.3 is 15.8 Å². The van der Waals surface area contributed by atoms with Gasteiger partial charge in [-0.2, -0.15) is 0 Å². The minimum Gasteiger partial charge on any atom is -0.496 e. The number of ether oxygens (including phenoxy) is 1. The van der Waals surface area contributed by atoms with Crippen LogP contribution in [0.1, 0.15) is 39.2 Å². The second-order valence-electron chi connectivity index (χ2n) is 5.39. The van der Waals surface area contributed by atoms with Crippen molar-refractivity contribution in [1.29, 1.82) is 0 Å². The largest absolute Gasteiger partial charge is 0.496 e. The molecule has 23 heavy (non-hydrogen) atoms. The summed E-state index contributed by atoms with van der Waals surface area (Å²) in [6.45, 7) is 5.76. The van der Waals surface area contributed by atoms with Crippen molar-refractivity contribution >= 4 is 5.91 Å². The zero-order valence-corrected chi connectivity index (χ0v) is 13.9. The lowest BCUT2D eigenvalue weighted by atomic mass is 10.1. The van der Waals surface area contributed by atoms with Crippen molar-refractivity contribution in [3.8, 4) is 5.75 Å². The normalized spacial score (nSPS) is 11.9. The van der Waals surface area contributed by atoms with Crippen molar-refractivity contribution < 1.29 is 9.53 Å². The SMILES string of the molecule is COc1ccccc1[C@@H](N)CNC(=O)c1nc(C)c(C)nc1C. The minimum atomic E-state index is -0.366. The molecule has 0 saturated carbocycles. The second-order valence-corrected chi connectivity index (χ2v) is 5.39. The van der Waals surface area contributed by atoms with Crippen molar-refractivity contribution in [2.24, 2.45) is 5.73 Å². The van der Waals surface area contributed by atoms with Crippen LogP contribution < -0.4 is 15.8 Å². The van der Waals surface area contributed by atoms with Crippen molar-refractivity contribution in [3.63, 3.8) is 0 Å². The molecule has 3 N–H and O–H groups in total.